The third-order valence-corrected chi connectivity index (χ3v) is 5.25. The number of hydrogen-bond donors (Lipinski definition) is 5. The van der Waals surface area contributed by atoms with Crippen LogP contribution in [-0.4, -0.2) is 74.5 Å². The maximum absolute atomic E-state index is 12.7. The van der Waals surface area contributed by atoms with Crippen LogP contribution in [-0.2, 0) is 14.4 Å². The van der Waals surface area contributed by atoms with Gasteiger partial charge in [0, 0.05) is 5.69 Å². The van der Waals surface area contributed by atoms with E-state index >= 15 is 0 Å². The highest BCUT2D eigenvalue weighted by atomic mass is 16.4. The van der Waals surface area contributed by atoms with Crippen LogP contribution in [0.5, 0.6) is 0 Å². The zero-order chi connectivity index (χ0) is 23.6. The minimum Gasteiger partial charge on any atom is -0.479 e. The molecular weight excluding hydrogens is 404 g/mol. The second-order valence-corrected chi connectivity index (χ2v) is 7.72. The van der Waals surface area contributed by atoms with Crippen LogP contribution < -0.4 is 5.32 Å². The molecule has 1 aliphatic heterocycles. The maximum Gasteiger partial charge on any atom is 0.335 e. The number of aryl methyl sites for hydroxylation is 2. The van der Waals surface area contributed by atoms with Gasteiger partial charge in [0.05, 0.1) is 6.04 Å². The van der Waals surface area contributed by atoms with E-state index in [1.54, 1.807) is 0 Å². The van der Waals surface area contributed by atoms with E-state index in [1.165, 1.54) is 19.3 Å². The Morgan fingerprint density at radius 2 is 1.61 bits per heavy atom. The summed E-state index contributed by atoms with van der Waals surface area (Å²) < 4.78 is 0. The van der Waals surface area contributed by atoms with Gasteiger partial charge in [-0.2, -0.15) is 0 Å². The molecule has 1 aliphatic rings. The van der Waals surface area contributed by atoms with Crippen LogP contribution in [0, 0.1) is 13.8 Å². The number of rotatable bonds is 8. The van der Waals surface area contributed by atoms with Gasteiger partial charge in [-0.3, -0.25) is 9.69 Å². The first kappa shape index (κ1) is 26.5. The molecule has 5 N–H and O–H groups in total. The Labute approximate surface area is 182 Å². The van der Waals surface area contributed by atoms with Gasteiger partial charge in [0.15, 0.2) is 12.2 Å². The normalized spacial score (nSPS) is 18.3. The highest BCUT2D eigenvalue weighted by Crippen LogP contribution is 2.23. The number of unbranched alkanes of at least 4 members (excludes halogenated alkanes) is 1. The van der Waals surface area contributed by atoms with Crippen LogP contribution in [0.4, 0.5) is 5.69 Å². The van der Waals surface area contributed by atoms with Crippen molar-refractivity contribution in [2.75, 3.05) is 18.4 Å². The molecule has 1 saturated heterocycles. The number of benzene rings is 1. The van der Waals surface area contributed by atoms with E-state index in [4.69, 9.17) is 20.4 Å². The number of piperidine rings is 1. The van der Waals surface area contributed by atoms with E-state index < -0.39 is 24.1 Å². The van der Waals surface area contributed by atoms with Gasteiger partial charge < -0.3 is 25.7 Å². The molecule has 1 amide bonds. The Morgan fingerprint density at radius 3 is 2.10 bits per heavy atom. The van der Waals surface area contributed by atoms with Crippen LogP contribution in [0.3, 0.4) is 0 Å². The number of likely N-dealkylation sites (tertiary alicyclic amines) is 1. The first-order chi connectivity index (χ1) is 14.6. The van der Waals surface area contributed by atoms with Gasteiger partial charge in [-0.1, -0.05) is 38.0 Å². The molecule has 1 aromatic rings. The lowest BCUT2D eigenvalue weighted by Gasteiger charge is -2.34. The summed E-state index contributed by atoms with van der Waals surface area (Å²) in [6, 6.07) is 6.19. The topological polar surface area (TPSA) is 147 Å². The fourth-order valence-electron chi connectivity index (χ4n) is 3.40. The molecule has 0 aromatic heterocycles. The molecule has 0 bridgehead atoms. The third kappa shape index (κ3) is 8.28. The van der Waals surface area contributed by atoms with Crippen molar-refractivity contribution >= 4 is 23.5 Å². The van der Waals surface area contributed by atoms with Crippen molar-refractivity contribution in [3.05, 3.63) is 29.3 Å². The summed E-state index contributed by atoms with van der Waals surface area (Å²) in [6.07, 6.45) is 1.19. The second kappa shape index (κ2) is 13.0. The van der Waals surface area contributed by atoms with Crippen molar-refractivity contribution in [2.24, 2.45) is 0 Å². The molecule has 9 heteroatoms. The SMILES string of the molecule is CCCCN1CCCCC1C(=O)Nc1c(C)cccc1C.O=C(O)C(O)C(O)C(=O)O. The average Bonchev–Trinajstić information content (AvgIpc) is 2.74. The largest absolute Gasteiger partial charge is 0.479 e. The van der Waals surface area contributed by atoms with Crippen LogP contribution >= 0.6 is 0 Å². The minimum atomic E-state index is -2.27. The van der Waals surface area contributed by atoms with Crippen molar-refractivity contribution in [3.8, 4) is 0 Å². The fraction of sp³-hybridized carbons (Fsp3) is 0.591. The monoisotopic (exact) mass is 438 g/mol. The number of carboxylic acid groups (broad SMARTS) is 2. The standard InChI is InChI=1S/C18H28N2O.C4H6O6/c1-4-5-12-20-13-7-6-11-16(20)18(21)19-17-14(2)9-8-10-15(17)3;5-1(3(7)8)2(6)4(9)10/h8-10,16H,4-7,11-13H2,1-3H3,(H,19,21);1-2,5-6H,(H,7,8)(H,9,10). The maximum atomic E-state index is 12.7. The van der Waals surface area contributed by atoms with Crippen LogP contribution in [0.1, 0.15) is 50.2 Å². The molecule has 9 nitrogen and oxygen atoms in total. The van der Waals surface area contributed by atoms with Crippen molar-refractivity contribution in [1.29, 1.82) is 0 Å². The Hall–Kier alpha value is -2.49. The fourth-order valence-corrected chi connectivity index (χ4v) is 3.40. The zero-order valence-corrected chi connectivity index (χ0v) is 18.4. The van der Waals surface area contributed by atoms with Crippen molar-refractivity contribution in [3.63, 3.8) is 0 Å². The van der Waals surface area contributed by atoms with E-state index in [0.717, 1.165) is 42.7 Å². The van der Waals surface area contributed by atoms with Gasteiger partial charge in [0.1, 0.15) is 0 Å². The lowest BCUT2D eigenvalue weighted by molar-refractivity contribution is -0.165. The van der Waals surface area contributed by atoms with E-state index in [0.29, 0.717) is 0 Å². The minimum absolute atomic E-state index is 0.0457. The number of carboxylic acids is 2. The van der Waals surface area contributed by atoms with E-state index in [1.807, 2.05) is 6.07 Å². The number of nitrogens with zero attached hydrogens (tertiary/aromatic N) is 1. The molecule has 2 rings (SSSR count). The van der Waals surface area contributed by atoms with Crippen molar-refractivity contribution in [1.82, 2.24) is 4.90 Å². The lowest BCUT2D eigenvalue weighted by atomic mass is 10.00. The van der Waals surface area contributed by atoms with Crippen LogP contribution in [0.2, 0.25) is 0 Å². The van der Waals surface area contributed by atoms with Crippen LogP contribution in [0.25, 0.3) is 0 Å². The first-order valence-corrected chi connectivity index (χ1v) is 10.5. The molecule has 3 unspecified atom stereocenters. The van der Waals surface area contributed by atoms with E-state index in [9.17, 15) is 14.4 Å². The summed E-state index contributed by atoms with van der Waals surface area (Å²) in [4.78, 5) is 34.6. The van der Waals surface area contributed by atoms with Crippen molar-refractivity contribution in [2.45, 2.75) is 71.1 Å². The van der Waals surface area contributed by atoms with Crippen molar-refractivity contribution < 1.29 is 34.8 Å². The molecule has 1 heterocycles. The van der Waals surface area contributed by atoms with E-state index in [2.05, 4.69) is 43.1 Å². The van der Waals surface area contributed by atoms with Gasteiger partial charge in [-0.05, 0) is 57.3 Å². The summed E-state index contributed by atoms with van der Waals surface area (Å²) in [6.45, 7) is 8.42. The third-order valence-electron chi connectivity index (χ3n) is 5.25. The molecule has 3 atom stereocenters. The number of aliphatic hydroxyl groups is 2. The average molecular weight is 439 g/mol. The smallest absolute Gasteiger partial charge is 0.335 e. The number of para-hydroxylation sites is 1. The highest BCUT2D eigenvalue weighted by Gasteiger charge is 2.29. The summed E-state index contributed by atoms with van der Waals surface area (Å²) >= 11 is 0. The summed E-state index contributed by atoms with van der Waals surface area (Å²) in [7, 11) is 0. The summed E-state index contributed by atoms with van der Waals surface area (Å²) in [5.74, 6) is -3.37. The Kier molecular flexibility index (Phi) is 11.2. The molecule has 0 spiro atoms. The number of hydrogen-bond acceptors (Lipinski definition) is 6. The molecule has 0 saturated carbocycles. The van der Waals surface area contributed by atoms with Gasteiger partial charge in [-0.15, -0.1) is 0 Å². The predicted molar refractivity (Wildman–Crippen MR) is 116 cm³/mol. The number of carbonyl (C=O) groups excluding carboxylic acids is 1. The van der Waals surface area contributed by atoms with Crippen LogP contribution in [0.15, 0.2) is 18.2 Å². The molecule has 0 aliphatic carbocycles. The van der Waals surface area contributed by atoms with Gasteiger partial charge >= 0.3 is 11.9 Å². The highest BCUT2D eigenvalue weighted by molar-refractivity contribution is 5.96. The Bertz CT molecular complexity index is 715. The van der Waals surface area contributed by atoms with Gasteiger partial charge in [0.25, 0.3) is 0 Å². The van der Waals surface area contributed by atoms with E-state index in [-0.39, 0.29) is 11.9 Å². The molecule has 0 radical (unpaired) electrons. The number of carbonyl (C=O) groups is 3. The Morgan fingerprint density at radius 1 is 1.06 bits per heavy atom. The first-order valence-electron chi connectivity index (χ1n) is 10.5. The van der Waals surface area contributed by atoms with Gasteiger partial charge in [0.2, 0.25) is 5.91 Å². The molecule has 174 valence electrons. The molecule has 1 aromatic carbocycles. The molecule has 1 fully saturated rings. The molecular formula is C22H34N2O7. The second-order valence-electron chi connectivity index (χ2n) is 7.72. The zero-order valence-electron chi connectivity index (χ0n) is 18.4. The number of aliphatic carboxylic acids is 2. The van der Waals surface area contributed by atoms with Gasteiger partial charge in [-0.25, -0.2) is 9.59 Å². The quantitative estimate of drug-likeness (QED) is 0.413. The number of aliphatic hydroxyl groups excluding tert-OH is 2. The molecule has 31 heavy (non-hydrogen) atoms. The number of nitrogens with one attached hydrogen (secondary N) is 1. The number of amides is 1. The summed E-state index contributed by atoms with van der Waals surface area (Å²) in [5, 5.41) is 35.7. The number of anilines is 1. The summed E-state index contributed by atoms with van der Waals surface area (Å²) in [5.41, 5.74) is 3.27. The predicted octanol–water partition coefficient (Wildman–Crippen LogP) is 1.77. The lowest BCUT2D eigenvalue weighted by Crippen LogP contribution is -2.47. The Balaban J connectivity index is 0.000000407.